The summed E-state index contributed by atoms with van der Waals surface area (Å²) in [6.07, 6.45) is 13.8. The summed E-state index contributed by atoms with van der Waals surface area (Å²) >= 11 is 1.63. The van der Waals surface area contributed by atoms with E-state index in [1.54, 1.807) is 43.9 Å². The number of nitrogens with zero attached hydrogens (tertiary/aromatic N) is 4. The number of carbonyl (C=O) groups excluding carboxylic acids is 4. The molecule has 1 aromatic carbocycles. The molecule has 1 saturated heterocycles. The number of benzene rings is 1. The zero-order valence-corrected chi connectivity index (χ0v) is 40.3. The lowest BCUT2D eigenvalue weighted by Gasteiger charge is -2.30. The fourth-order valence-corrected chi connectivity index (χ4v) is 12.6. The van der Waals surface area contributed by atoms with Crippen LogP contribution in [0, 0.1) is 23.2 Å². The number of hydrogen-bond acceptors (Lipinski definition) is 11. The van der Waals surface area contributed by atoms with Crippen LogP contribution in [0.15, 0.2) is 35.7 Å². The molecule has 13 nitrogen and oxygen atoms in total. The Morgan fingerprint density at radius 2 is 1.73 bits per heavy atom. The predicted octanol–water partition coefficient (Wildman–Crippen LogP) is 9.22. The Hall–Kier alpha value is -4.11. The minimum Gasteiger partial charge on any atom is -0.460 e. The quantitative estimate of drug-likeness (QED) is 0.153. The van der Waals surface area contributed by atoms with Crippen molar-refractivity contribution >= 4 is 56.0 Å². The van der Waals surface area contributed by atoms with Crippen LogP contribution in [-0.2, 0) is 33.9 Å². The number of aromatic nitrogens is 3. The number of Topliss-reactive ketones (excluding diaryl/α,β-unsaturated/α-hetero) is 1. The maximum absolute atomic E-state index is 15.0. The number of carbonyl (C=O) groups is 4. The van der Waals surface area contributed by atoms with Crippen LogP contribution in [-0.4, -0.2) is 80.5 Å². The lowest BCUT2D eigenvalue weighted by molar-refractivity contribution is -0.159. The van der Waals surface area contributed by atoms with E-state index in [4.69, 9.17) is 19.4 Å². The van der Waals surface area contributed by atoms with Gasteiger partial charge in [-0.25, -0.2) is 13.4 Å². The number of amides is 2. The number of imidazole rings is 1. The molecule has 4 heterocycles. The van der Waals surface area contributed by atoms with Crippen molar-refractivity contribution in [3.05, 3.63) is 41.4 Å². The molecule has 2 aliphatic heterocycles. The van der Waals surface area contributed by atoms with Crippen molar-refractivity contribution < 1.29 is 37.1 Å². The zero-order chi connectivity index (χ0) is 45.8. The summed E-state index contributed by atoms with van der Waals surface area (Å²) in [4.78, 5) is 69.5. The van der Waals surface area contributed by atoms with Crippen molar-refractivity contribution in [1.82, 2.24) is 24.2 Å². The summed E-state index contributed by atoms with van der Waals surface area (Å²) in [5.41, 5.74) is 1.69. The average molecular weight is 918 g/mol. The second-order valence-corrected chi connectivity index (χ2v) is 24.0. The maximum atomic E-state index is 15.0. The van der Waals surface area contributed by atoms with Gasteiger partial charge in [-0.3, -0.25) is 28.5 Å². The molecule has 0 spiro atoms. The average Bonchev–Trinajstić information content (AvgIpc) is 3.95. The molecule has 4 fully saturated rings. The molecule has 0 bridgehead atoms. The van der Waals surface area contributed by atoms with Crippen LogP contribution in [0.3, 0.4) is 0 Å². The Labute approximate surface area is 382 Å². The largest absolute Gasteiger partial charge is 0.460 e. The predicted molar refractivity (Wildman–Crippen MR) is 247 cm³/mol. The first-order valence-electron chi connectivity index (χ1n) is 23.7. The first-order valence-corrected chi connectivity index (χ1v) is 26.1. The highest BCUT2D eigenvalue weighted by atomic mass is 32.2. The van der Waals surface area contributed by atoms with Gasteiger partial charge in [0.15, 0.2) is 5.78 Å². The molecule has 3 saturated carbocycles. The summed E-state index contributed by atoms with van der Waals surface area (Å²) in [5.74, 6) is -2.96. The number of allylic oxidation sites excluding steroid dienone is 2. The number of ether oxygens (including phenoxy) is 2. The fraction of sp³-hybridized carbons (Fsp3) is 0.673. The smallest absolute Gasteiger partial charge is 0.307 e. The van der Waals surface area contributed by atoms with Crippen molar-refractivity contribution in [2.24, 2.45) is 23.2 Å². The van der Waals surface area contributed by atoms with Gasteiger partial charge in [-0.1, -0.05) is 57.2 Å². The van der Waals surface area contributed by atoms with Crippen LogP contribution < -0.4 is 9.46 Å². The van der Waals surface area contributed by atoms with E-state index in [1.165, 1.54) is 19.3 Å². The number of nitrogens with one attached hydrogen (secondary N) is 1. The number of esters is 1. The number of thiazole rings is 1. The van der Waals surface area contributed by atoms with Crippen LogP contribution in [0.4, 0.5) is 0 Å². The second kappa shape index (κ2) is 17.9. The Kier molecular flexibility index (Phi) is 13.0. The standard InChI is InChI=1S/C49H67N5O8S2/c1-30(2)54-37-22-16-21-35(43-50-36(29-63-43)32-17-13-11-14-18-32)41(37)51-46(54)61-39-28-53-42(31(39)3)38(55)27-49(45(58)52-64(59,60)48(7)23-24-48)26-34(49)20-15-10-8-9-12-19-33(44(53)57)25-40(56)62-47(4,5)6/h15-16,20-22,29-34,39,42H,8-14,17-19,23-28H2,1-7H3,(H,52,58)/b20-15-/t31-,33+,34+,39-,42-,49+/m0/s1. The van der Waals surface area contributed by atoms with Gasteiger partial charge in [-0.05, 0) is 111 Å². The lowest BCUT2D eigenvalue weighted by atomic mass is 9.87. The minimum absolute atomic E-state index is 0.0552. The van der Waals surface area contributed by atoms with E-state index in [-0.39, 0.29) is 43.0 Å². The van der Waals surface area contributed by atoms with Crippen molar-refractivity contribution in [2.75, 3.05) is 6.54 Å². The Balaban J connectivity index is 1.13. The second-order valence-electron chi connectivity index (χ2n) is 20.9. The molecular weight excluding hydrogens is 851 g/mol. The van der Waals surface area contributed by atoms with Crippen molar-refractivity contribution in [2.45, 2.75) is 179 Å². The summed E-state index contributed by atoms with van der Waals surface area (Å²) < 4.78 is 42.8. The first kappa shape index (κ1) is 46.4. The van der Waals surface area contributed by atoms with Gasteiger partial charge in [0.05, 0.1) is 40.4 Å². The topological polar surface area (TPSA) is 167 Å². The molecule has 8 rings (SSSR count). The molecule has 15 heteroatoms. The van der Waals surface area contributed by atoms with Crippen LogP contribution in [0.5, 0.6) is 6.01 Å². The van der Waals surface area contributed by atoms with E-state index in [0.29, 0.717) is 44.0 Å². The van der Waals surface area contributed by atoms with E-state index in [9.17, 15) is 18.0 Å². The third-order valence-corrected chi connectivity index (χ3v) is 17.6. The first-order chi connectivity index (χ1) is 30.3. The maximum Gasteiger partial charge on any atom is 0.307 e. The van der Waals surface area contributed by atoms with E-state index < -0.39 is 61.6 Å². The number of ketones is 1. The molecule has 6 atom stereocenters. The molecule has 64 heavy (non-hydrogen) atoms. The number of rotatable bonds is 10. The van der Waals surface area contributed by atoms with E-state index in [2.05, 4.69) is 23.9 Å². The molecule has 1 N–H and O–H groups in total. The lowest BCUT2D eigenvalue weighted by Crippen LogP contribution is -2.48. The molecule has 348 valence electrons. The normalized spacial score (nSPS) is 28.5. The van der Waals surface area contributed by atoms with Gasteiger partial charge in [-0.2, -0.15) is 4.98 Å². The van der Waals surface area contributed by atoms with Crippen LogP contribution in [0.2, 0.25) is 0 Å². The Morgan fingerprint density at radius 3 is 2.44 bits per heavy atom. The van der Waals surface area contributed by atoms with Gasteiger partial charge >= 0.3 is 5.97 Å². The molecule has 0 radical (unpaired) electrons. The van der Waals surface area contributed by atoms with Crippen LogP contribution in [0.25, 0.3) is 21.6 Å². The highest BCUT2D eigenvalue weighted by molar-refractivity contribution is 7.91. The van der Waals surface area contributed by atoms with Crippen molar-refractivity contribution in [3.63, 3.8) is 0 Å². The van der Waals surface area contributed by atoms with Crippen molar-refractivity contribution in [3.8, 4) is 16.6 Å². The molecule has 0 unspecified atom stereocenters. The van der Waals surface area contributed by atoms with Crippen LogP contribution >= 0.6 is 11.3 Å². The zero-order valence-electron chi connectivity index (χ0n) is 38.7. The molecule has 3 aromatic rings. The summed E-state index contributed by atoms with van der Waals surface area (Å²) in [5, 5.41) is 3.09. The Bertz CT molecular complexity index is 2400. The van der Waals surface area contributed by atoms with Gasteiger partial charge in [0, 0.05) is 41.2 Å². The SMILES string of the molecule is CC(C)n1c(O[C@H]2CN3C(=O)[C@@H](CC(=O)OC(C)(C)C)CCCCC/C=C\[C@@H]4C[C@@]4(C(=O)NS(=O)(=O)C4(C)CC4)CC(=O)[C@@H]3[C@H]2C)nc2c(-c3nc(C4CCCCC4)cs3)cccc21. The molecule has 2 amide bonds. The van der Waals surface area contributed by atoms with Crippen LogP contribution in [0.1, 0.15) is 162 Å². The number of hydrogen-bond donors (Lipinski definition) is 1. The number of fused-ring (bicyclic) bond motifs is 3. The molecule has 3 aliphatic carbocycles. The number of para-hydroxylation sites is 1. The van der Waals surface area contributed by atoms with Gasteiger partial charge in [0.1, 0.15) is 22.2 Å². The van der Waals surface area contributed by atoms with Gasteiger partial charge in [-0.15, -0.1) is 11.3 Å². The van der Waals surface area contributed by atoms with E-state index in [0.717, 1.165) is 59.4 Å². The summed E-state index contributed by atoms with van der Waals surface area (Å²) in [6, 6.07) is 5.40. The Morgan fingerprint density at radius 1 is 1.02 bits per heavy atom. The van der Waals surface area contributed by atoms with Gasteiger partial charge in [0.2, 0.25) is 21.8 Å². The van der Waals surface area contributed by atoms with Gasteiger partial charge in [0.25, 0.3) is 6.01 Å². The highest BCUT2D eigenvalue weighted by Crippen LogP contribution is 2.58. The van der Waals surface area contributed by atoms with E-state index >= 15 is 9.59 Å². The van der Waals surface area contributed by atoms with E-state index in [1.807, 2.05) is 41.8 Å². The molecular formula is C49H67N5O8S2. The summed E-state index contributed by atoms with van der Waals surface area (Å²) in [6.45, 7) is 13.1. The van der Waals surface area contributed by atoms with Gasteiger partial charge < -0.3 is 14.4 Å². The highest BCUT2D eigenvalue weighted by Gasteiger charge is 2.63. The van der Waals surface area contributed by atoms with Crippen molar-refractivity contribution in [1.29, 1.82) is 0 Å². The third-order valence-electron chi connectivity index (χ3n) is 14.5. The molecule has 5 aliphatic rings. The number of sulfonamides is 1. The molecule has 2 aromatic heterocycles. The summed E-state index contributed by atoms with van der Waals surface area (Å²) in [7, 11) is -3.97. The monoisotopic (exact) mass is 917 g/mol. The minimum atomic E-state index is -3.97. The fourth-order valence-electron chi connectivity index (χ4n) is 10.3. The third kappa shape index (κ3) is 9.44.